The zero-order valence-corrected chi connectivity index (χ0v) is 11.2. The van der Waals surface area contributed by atoms with Crippen molar-refractivity contribution in [2.45, 2.75) is 6.42 Å². The van der Waals surface area contributed by atoms with Crippen molar-refractivity contribution in [3.8, 4) is 0 Å². The van der Waals surface area contributed by atoms with E-state index in [0.29, 0.717) is 23.1 Å². The molecular weight excluding hydrogens is 297 g/mol. The van der Waals surface area contributed by atoms with Gasteiger partial charge in [0.1, 0.15) is 15.7 Å². The van der Waals surface area contributed by atoms with E-state index in [-0.39, 0.29) is 11.6 Å². The van der Waals surface area contributed by atoms with Gasteiger partial charge < -0.3 is 5.32 Å². The lowest BCUT2D eigenvalue weighted by Gasteiger charge is -2.07. The first kappa shape index (κ1) is 13.4. The summed E-state index contributed by atoms with van der Waals surface area (Å²) in [5, 5.41) is 2.85. The Morgan fingerprint density at radius 2 is 2.12 bits per heavy atom. The highest BCUT2D eigenvalue weighted by Crippen LogP contribution is 2.19. The van der Waals surface area contributed by atoms with Crippen LogP contribution in [0.1, 0.15) is 6.42 Å². The number of anilines is 1. The van der Waals surface area contributed by atoms with E-state index >= 15 is 0 Å². The van der Waals surface area contributed by atoms with Crippen molar-refractivity contribution in [1.29, 1.82) is 0 Å². The molecule has 1 aromatic carbocycles. The highest BCUT2D eigenvalue weighted by Gasteiger charge is 2.04. The number of sulfone groups is 1. The zero-order chi connectivity index (χ0) is 12.2. The average molecular weight is 310 g/mol. The third-order valence-electron chi connectivity index (χ3n) is 1.94. The minimum atomic E-state index is -2.94. The van der Waals surface area contributed by atoms with Crippen LogP contribution in [0.5, 0.6) is 0 Å². The second-order valence-electron chi connectivity index (χ2n) is 3.53. The Morgan fingerprint density at radius 1 is 1.44 bits per heavy atom. The number of nitrogens with one attached hydrogen (secondary N) is 1. The lowest BCUT2D eigenvalue weighted by Crippen LogP contribution is -2.10. The highest BCUT2D eigenvalue weighted by molar-refractivity contribution is 9.10. The summed E-state index contributed by atoms with van der Waals surface area (Å²) in [5.74, 6) is -0.244. The van der Waals surface area contributed by atoms with E-state index in [2.05, 4.69) is 21.2 Å². The van der Waals surface area contributed by atoms with Crippen LogP contribution >= 0.6 is 15.9 Å². The van der Waals surface area contributed by atoms with E-state index < -0.39 is 9.84 Å². The first-order valence-electron chi connectivity index (χ1n) is 4.75. The van der Waals surface area contributed by atoms with Gasteiger partial charge in [0.2, 0.25) is 0 Å². The molecule has 0 saturated heterocycles. The maximum Gasteiger partial charge on any atom is 0.147 e. The van der Waals surface area contributed by atoms with Crippen LogP contribution in [0.3, 0.4) is 0 Å². The summed E-state index contributed by atoms with van der Waals surface area (Å²) in [6.45, 7) is 0.436. The number of rotatable bonds is 5. The molecule has 6 heteroatoms. The molecule has 0 heterocycles. The first-order valence-corrected chi connectivity index (χ1v) is 7.60. The normalized spacial score (nSPS) is 11.4. The van der Waals surface area contributed by atoms with Crippen LogP contribution in [-0.4, -0.2) is 27.0 Å². The summed E-state index contributed by atoms with van der Waals surface area (Å²) in [4.78, 5) is 0. The second kappa shape index (κ2) is 5.63. The van der Waals surface area contributed by atoms with Crippen LogP contribution in [0.15, 0.2) is 22.7 Å². The molecule has 0 fully saturated rings. The summed E-state index contributed by atoms with van der Waals surface area (Å²) in [6, 6.07) is 4.70. The van der Waals surface area contributed by atoms with Crippen LogP contribution in [0.2, 0.25) is 0 Å². The third kappa shape index (κ3) is 4.94. The molecular formula is C10H13BrFNO2S. The molecule has 0 unspecified atom stereocenters. The van der Waals surface area contributed by atoms with Gasteiger partial charge >= 0.3 is 0 Å². The van der Waals surface area contributed by atoms with Gasteiger partial charge in [-0.15, -0.1) is 0 Å². The molecule has 1 aromatic rings. The molecule has 1 N–H and O–H groups in total. The second-order valence-corrected chi connectivity index (χ2v) is 6.71. The van der Waals surface area contributed by atoms with Gasteiger partial charge in [-0.3, -0.25) is 0 Å². The number of benzene rings is 1. The summed E-state index contributed by atoms with van der Waals surface area (Å²) in [5.41, 5.74) is 0.386. The number of hydrogen-bond donors (Lipinski definition) is 1. The lowest BCUT2D eigenvalue weighted by molar-refractivity contribution is 0.599. The summed E-state index contributed by atoms with van der Waals surface area (Å²) in [6.07, 6.45) is 1.65. The molecule has 1 rings (SSSR count). The predicted molar refractivity (Wildman–Crippen MR) is 66.9 cm³/mol. The molecule has 0 spiro atoms. The largest absolute Gasteiger partial charge is 0.383 e. The molecule has 0 saturated carbocycles. The van der Waals surface area contributed by atoms with Crippen molar-refractivity contribution in [1.82, 2.24) is 0 Å². The van der Waals surface area contributed by atoms with Gasteiger partial charge in [0.25, 0.3) is 0 Å². The predicted octanol–water partition coefficient (Wildman–Crippen LogP) is 2.43. The van der Waals surface area contributed by atoms with E-state index in [1.807, 2.05) is 0 Å². The number of hydrogen-bond acceptors (Lipinski definition) is 3. The Bertz CT molecular complexity index is 462. The molecule has 0 radical (unpaired) electrons. The maximum atomic E-state index is 13.3. The molecule has 0 aliphatic carbocycles. The quantitative estimate of drug-likeness (QED) is 0.850. The molecule has 0 aliphatic heterocycles. The van der Waals surface area contributed by atoms with Gasteiger partial charge in [-0.25, -0.2) is 12.8 Å². The Kier molecular flexibility index (Phi) is 4.73. The molecule has 0 bridgehead atoms. The lowest BCUT2D eigenvalue weighted by atomic mass is 10.3. The van der Waals surface area contributed by atoms with Crippen LogP contribution in [-0.2, 0) is 9.84 Å². The Balaban J connectivity index is 2.43. The molecule has 0 aliphatic rings. The smallest absolute Gasteiger partial charge is 0.147 e. The molecule has 90 valence electrons. The standard InChI is InChI=1S/C10H13BrFNO2S/c1-16(14,15)6-2-5-13-10-4-3-8(11)7-9(10)12/h3-4,7,13H,2,5-6H2,1H3. The van der Waals surface area contributed by atoms with Crippen molar-refractivity contribution in [2.75, 3.05) is 23.9 Å². The van der Waals surface area contributed by atoms with Crippen LogP contribution in [0.25, 0.3) is 0 Å². The van der Waals surface area contributed by atoms with Crippen molar-refractivity contribution in [3.05, 3.63) is 28.5 Å². The molecule has 0 aromatic heterocycles. The molecule has 3 nitrogen and oxygen atoms in total. The fourth-order valence-corrected chi connectivity index (χ4v) is 2.19. The minimum absolute atomic E-state index is 0.109. The topological polar surface area (TPSA) is 46.2 Å². The van der Waals surface area contributed by atoms with Crippen molar-refractivity contribution >= 4 is 31.5 Å². The van der Waals surface area contributed by atoms with Crippen LogP contribution in [0, 0.1) is 5.82 Å². The van der Waals surface area contributed by atoms with Crippen molar-refractivity contribution in [3.63, 3.8) is 0 Å². The third-order valence-corrected chi connectivity index (χ3v) is 3.46. The van der Waals surface area contributed by atoms with Crippen LogP contribution in [0.4, 0.5) is 10.1 Å². The van der Waals surface area contributed by atoms with Crippen molar-refractivity contribution in [2.24, 2.45) is 0 Å². The fraction of sp³-hybridized carbons (Fsp3) is 0.400. The molecule has 0 amide bonds. The van der Waals surface area contributed by atoms with E-state index in [1.165, 1.54) is 12.3 Å². The molecule has 0 atom stereocenters. The van der Waals surface area contributed by atoms with Gasteiger partial charge in [0, 0.05) is 17.3 Å². The van der Waals surface area contributed by atoms with Gasteiger partial charge in [0.05, 0.1) is 11.4 Å². The minimum Gasteiger partial charge on any atom is -0.383 e. The summed E-state index contributed by atoms with van der Waals surface area (Å²) >= 11 is 3.16. The highest BCUT2D eigenvalue weighted by atomic mass is 79.9. The van der Waals surface area contributed by atoms with E-state index in [0.717, 1.165) is 0 Å². The summed E-state index contributed by atoms with van der Waals surface area (Å²) < 4.78 is 35.7. The number of halogens is 2. The van der Waals surface area contributed by atoms with Gasteiger partial charge in [-0.05, 0) is 24.6 Å². The average Bonchev–Trinajstić information content (AvgIpc) is 2.13. The van der Waals surface area contributed by atoms with E-state index in [9.17, 15) is 12.8 Å². The maximum absolute atomic E-state index is 13.3. The summed E-state index contributed by atoms with van der Waals surface area (Å²) in [7, 11) is -2.94. The van der Waals surface area contributed by atoms with Crippen LogP contribution < -0.4 is 5.32 Å². The Hall–Kier alpha value is -0.620. The zero-order valence-electron chi connectivity index (χ0n) is 8.83. The van der Waals surface area contributed by atoms with E-state index in [1.54, 1.807) is 12.1 Å². The fourth-order valence-electron chi connectivity index (χ4n) is 1.19. The molecule has 16 heavy (non-hydrogen) atoms. The van der Waals surface area contributed by atoms with E-state index in [4.69, 9.17) is 0 Å². The van der Waals surface area contributed by atoms with Gasteiger partial charge in [-0.2, -0.15) is 0 Å². The Labute approximate surface area is 103 Å². The van der Waals surface area contributed by atoms with Gasteiger partial charge in [-0.1, -0.05) is 15.9 Å². The SMILES string of the molecule is CS(=O)(=O)CCCNc1ccc(Br)cc1F. The van der Waals surface area contributed by atoms with Gasteiger partial charge in [0.15, 0.2) is 0 Å². The van der Waals surface area contributed by atoms with Crippen molar-refractivity contribution < 1.29 is 12.8 Å². The monoisotopic (exact) mass is 309 g/mol. The first-order chi connectivity index (χ1) is 7.38. The Morgan fingerprint density at radius 3 is 2.69 bits per heavy atom.